The Hall–Kier alpha value is -1.88. The van der Waals surface area contributed by atoms with Crippen LogP contribution >= 0.6 is 0 Å². The third kappa shape index (κ3) is 2.65. The van der Waals surface area contributed by atoms with Gasteiger partial charge in [-0.15, -0.1) is 0 Å². The second-order valence-corrected chi connectivity index (χ2v) is 5.24. The molecule has 2 unspecified atom stereocenters. The Balaban J connectivity index is 1.95. The standard InChI is InChI=1S/C16H20FN3O/c1-3-19-13-8-16(14-9-18-10-20(14)4-2)21-15-6-5-11(17)7-12(13)15/h5-7,9-10,13,16,19H,3-4,8H2,1-2H3. The maximum Gasteiger partial charge on any atom is 0.142 e. The molecule has 2 aromatic rings. The molecule has 1 aliphatic heterocycles. The van der Waals surface area contributed by atoms with Crippen LogP contribution in [0.2, 0.25) is 0 Å². The zero-order chi connectivity index (χ0) is 14.8. The number of nitrogens with zero attached hydrogens (tertiary/aromatic N) is 2. The van der Waals surface area contributed by atoms with Crippen LogP contribution in [0.15, 0.2) is 30.7 Å². The van der Waals surface area contributed by atoms with E-state index in [-0.39, 0.29) is 18.0 Å². The molecule has 112 valence electrons. The van der Waals surface area contributed by atoms with Crippen LogP contribution in [0.5, 0.6) is 5.75 Å². The topological polar surface area (TPSA) is 39.1 Å². The SMILES string of the molecule is CCNC1CC(c2cncn2CC)Oc2ccc(F)cc21. The molecule has 0 saturated heterocycles. The van der Waals surface area contributed by atoms with Gasteiger partial charge in [-0.2, -0.15) is 0 Å². The zero-order valence-corrected chi connectivity index (χ0v) is 12.3. The first-order valence-corrected chi connectivity index (χ1v) is 7.42. The number of ether oxygens (including phenoxy) is 1. The van der Waals surface area contributed by atoms with Crippen molar-refractivity contribution in [1.29, 1.82) is 0 Å². The monoisotopic (exact) mass is 289 g/mol. The van der Waals surface area contributed by atoms with E-state index in [1.165, 1.54) is 6.07 Å². The highest BCUT2D eigenvalue weighted by Gasteiger charge is 2.30. The maximum atomic E-state index is 13.5. The fourth-order valence-corrected chi connectivity index (χ4v) is 2.93. The maximum absolute atomic E-state index is 13.5. The molecule has 0 fully saturated rings. The lowest BCUT2D eigenvalue weighted by atomic mass is 9.95. The predicted octanol–water partition coefficient (Wildman–Crippen LogP) is 3.22. The van der Waals surface area contributed by atoms with Crippen molar-refractivity contribution in [2.75, 3.05) is 6.54 Å². The number of hydrogen-bond acceptors (Lipinski definition) is 3. The number of nitrogens with one attached hydrogen (secondary N) is 1. The van der Waals surface area contributed by atoms with Gasteiger partial charge in [0.05, 0.1) is 18.2 Å². The second kappa shape index (κ2) is 5.85. The van der Waals surface area contributed by atoms with Crippen LogP contribution in [-0.2, 0) is 6.54 Å². The fourth-order valence-electron chi connectivity index (χ4n) is 2.93. The molecule has 3 rings (SSSR count). The lowest BCUT2D eigenvalue weighted by molar-refractivity contribution is 0.144. The van der Waals surface area contributed by atoms with Crippen molar-refractivity contribution in [1.82, 2.24) is 14.9 Å². The Morgan fingerprint density at radius 3 is 3.05 bits per heavy atom. The number of benzene rings is 1. The molecule has 0 bridgehead atoms. The van der Waals surface area contributed by atoms with Gasteiger partial charge in [0.15, 0.2) is 0 Å². The van der Waals surface area contributed by atoms with Crippen LogP contribution in [0.25, 0.3) is 0 Å². The van der Waals surface area contributed by atoms with Gasteiger partial charge in [-0.1, -0.05) is 6.92 Å². The molecular formula is C16H20FN3O. The summed E-state index contributed by atoms with van der Waals surface area (Å²) in [4.78, 5) is 4.21. The van der Waals surface area contributed by atoms with Crippen molar-refractivity contribution >= 4 is 0 Å². The molecular weight excluding hydrogens is 269 g/mol. The first kappa shape index (κ1) is 14.1. The van der Waals surface area contributed by atoms with Crippen LogP contribution < -0.4 is 10.1 Å². The Morgan fingerprint density at radius 2 is 2.29 bits per heavy atom. The molecule has 1 N–H and O–H groups in total. The van der Waals surface area contributed by atoms with Gasteiger partial charge in [-0.3, -0.25) is 0 Å². The minimum atomic E-state index is -0.225. The Kier molecular flexibility index (Phi) is 3.92. The average molecular weight is 289 g/mol. The molecule has 4 nitrogen and oxygen atoms in total. The van der Waals surface area contributed by atoms with E-state index >= 15 is 0 Å². The van der Waals surface area contributed by atoms with Gasteiger partial charge in [0, 0.05) is 24.6 Å². The number of imidazole rings is 1. The van der Waals surface area contributed by atoms with Crippen molar-refractivity contribution in [3.63, 3.8) is 0 Å². The normalized spacial score (nSPS) is 20.9. The molecule has 2 atom stereocenters. The van der Waals surface area contributed by atoms with Crippen LogP contribution in [0.1, 0.15) is 43.7 Å². The summed E-state index contributed by atoms with van der Waals surface area (Å²) >= 11 is 0. The number of hydrogen-bond donors (Lipinski definition) is 1. The predicted molar refractivity (Wildman–Crippen MR) is 78.7 cm³/mol. The third-order valence-electron chi connectivity index (χ3n) is 3.93. The zero-order valence-electron chi connectivity index (χ0n) is 12.3. The van der Waals surface area contributed by atoms with Gasteiger partial charge in [0.2, 0.25) is 0 Å². The van der Waals surface area contributed by atoms with Crippen molar-refractivity contribution in [2.24, 2.45) is 0 Å². The van der Waals surface area contributed by atoms with E-state index in [0.717, 1.165) is 36.5 Å². The highest BCUT2D eigenvalue weighted by molar-refractivity contribution is 5.39. The van der Waals surface area contributed by atoms with E-state index in [2.05, 4.69) is 28.7 Å². The Bertz CT molecular complexity index is 626. The molecule has 0 radical (unpaired) electrons. The summed E-state index contributed by atoms with van der Waals surface area (Å²) < 4.78 is 21.7. The minimum absolute atomic E-state index is 0.0607. The summed E-state index contributed by atoms with van der Waals surface area (Å²) in [5, 5.41) is 3.42. The van der Waals surface area contributed by atoms with E-state index < -0.39 is 0 Å². The van der Waals surface area contributed by atoms with Crippen LogP contribution in [0, 0.1) is 5.82 Å². The highest BCUT2D eigenvalue weighted by atomic mass is 19.1. The number of aryl methyl sites for hydroxylation is 1. The van der Waals surface area contributed by atoms with Crippen molar-refractivity contribution in [2.45, 2.75) is 39.0 Å². The lowest BCUT2D eigenvalue weighted by Gasteiger charge is -2.33. The van der Waals surface area contributed by atoms with E-state index in [1.54, 1.807) is 12.1 Å². The molecule has 0 aliphatic carbocycles. The van der Waals surface area contributed by atoms with Gasteiger partial charge in [0.25, 0.3) is 0 Å². The molecule has 0 saturated carbocycles. The quantitative estimate of drug-likeness (QED) is 0.939. The lowest BCUT2D eigenvalue weighted by Crippen LogP contribution is -2.30. The summed E-state index contributed by atoms with van der Waals surface area (Å²) in [6.07, 6.45) is 4.39. The number of rotatable bonds is 4. The fraction of sp³-hybridized carbons (Fsp3) is 0.438. The molecule has 1 aliphatic rings. The van der Waals surface area contributed by atoms with E-state index in [4.69, 9.17) is 4.74 Å². The minimum Gasteiger partial charge on any atom is -0.484 e. The van der Waals surface area contributed by atoms with Crippen molar-refractivity contribution in [3.05, 3.63) is 47.8 Å². The molecule has 2 heterocycles. The number of halogens is 1. The van der Waals surface area contributed by atoms with E-state index in [9.17, 15) is 4.39 Å². The van der Waals surface area contributed by atoms with E-state index in [0.29, 0.717) is 0 Å². The van der Waals surface area contributed by atoms with Gasteiger partial charge in [-0.05, 0) is 31.7 Å². The molecule has 1 aromatic carbocycles. The summed E-state index contributed by atoms with van der Waals surface area (Å²) in [6.45, 7) is 5.83. The Labute approximate surface area is 124 Å². The van der Waals surface area contributed by atoms with Crippen LogP contribution in [0.4, 0.5) is 4.39 Å². The summed E-state index contributed by atoms with van der Waals surface area (Å²) in [6, 6.07) is 4.82. The molecule has 21 heavy (non-hydrogen) atoms. The molecule has 0 amide bonds. The van der Waals surface area contributed by atoms with Crippen LogP contribution in [-0.4, -0.2) is 16.1 Å². The summed E-state index contributed by atoms with van der Waals surface area (Å²) in [7, 11) is 0. The van der Waals surface area contributed by atoms with Crippen molar-refractivity contribution < 1.29 is 9.13 Å². The summed E-state index contributed by atoms with van der Waals surface area (Å²) in [5.74, 6) is 0.528. The van der Waals surface area contributed by atoms with Crippen molar-refractivity contribution in [3.8, 4) is 5.75 Å². The Morgan fingerprint density at radius 1 is 1.43 bits per heavy atom. The first-order chi connectivity index (χ1) is 10.2. The smallest absolute Gasteiger partial charge is 0.142 e. The molecule has 0 spiro atoms. The average Bonchev–Trinajstić information content (AvgIpc) is 2.96. The third-order valence-corrected chi connectivity index (χ3v) is 3.93. The first-order valence-electron chi connectivity index (χ1n) is 7.42. The molecule has 5 heteroatoms. The molecule has 1 aromatic heterocycles. The summed E-state index contributed by atoms with van der Waals surface area (Å²) in [5.41, 5.74) is 1.96. The van der Waals surface area contributed by atoms with Crippen LogP contribution in [0.3, 0.4) is 0 Å². The van der Waals surface area contributed by atoms with E-state index in [1.807, 2.05) is 12.5 Å². The second-order valence-electron chi connectivity index (χ2n) is 5.24. The van der Waals surface area contributed by atoms with Gasteiger partial charge in [0.1, 0.15) is 17.7 Å². The number of aromatic nitrogens is 2. The van der Waals surface area contributed by atoms with Gasteiger partial charge >= 0.3 is 0 Å². The highest BCUT2D eigenvalue weighted by Crippen LogP contribution is 2.40. The largest absolute Gasteiger partial charge is 0.484 e. The van der Waals surface area contributed by atoms with Gasteiger partial charge < -0.3 is 14.6 Å². The number of fused-ring (bicyclic) bond motifs is 1. The van der Waals surface area contributed by atoms with Gasteiger partial charge in [-0.25, -0.2) is 9.37 Å².